The first-order chi connectivity index (χ1) is 8.06. The standard InChI is InChI=1S/C11H13BrCl2N2O/c1-2-11(6-13,7-14)16-10(17)9-4-3-8(12)5-15-9/h3-5H,2,6-7H2,1H3,(H,16,17). The van der Waals surface area contributed by atoms with E-state index in [4.69, 9.17) is 23.2 Å². The number of hydrogen-bond acceptors (Lipinski definition) is 2. The minimum Gasteiger partial charge on any atom is -0.343 e. The van der Waals surface area contributed by atoms with Crippen LogP contribution >= 0.6 is 39.1 Å². The van der Waals surface area contributed by atoms with Crippen molar-refractivity contribution in [3.8, 4) is 0 Å². The average molecular weight is 340 g/mol. The summed E-state index contributed by atoms with van der Waals surface area (Å²) in [5.41, 5.74) is -0.226. The molecule has 1 rings (SSSR count). The molecule has 1 aromatic rings. The Morgan fingerprint density at radius 1 is 1.47 bits per heavy atom. The Bertz CT molecular complexity index is 371. The summed E-state index contributed by atoms with van der Waals surface area (Å²) in [5.74, 6) is 0.283. The molecule has 0 fully saturated rings. The van der Waals surface area contributed by atoms with E-state index in [9.17, 15) is 4.79 Å². The van der Waals surface area contributed by atoms with Crippen LogP contribution in [0.4, 0.5) is 0 Å². The number of rotatable bonds is 5. The third-order valence-electron chi connectivity index (χ3n) is 2.53. The zero-order valence-corrected chi connectivity index (χ0v) is 12.4. The molecule has 3 nitrogen and oxygen atoms in total. The van der Waals surface area contributed by atoms with Gasteiger partial charge >= 0.3 is 0 Å². The molecule has 0 aliphatic heterocycles. The summed E-state index contributed by atoms with van der Waals surface area (Å²) in [6.45, 7) is 1.93. The van der Waals surface area contributed by atoms with Crippen LogP contribution in [0.5, 0.6) is 0 Å². The van der Waals surface area contributed by atoms with Gasteiger partial charge in [-0.05, 0) is 34.5 Å². The van der Waals surface area contributed by atoms with Crippen molar-refractivity contribution in [2.24, 2.45) is 0 Å². The summed E-state index contributed by atoms with van der Waals surface area (Å²) < 4.78 is 0.825. The zero-order chi connectivity index (χ0) is 12.9. The van der Waals surface area contributed by atoms with Crippen LogP contribution in [-0.2, 0) is 0 Å². The van der Waals surface area contributed by atoms with Crippen molar-refractivity contribution in [3.05, 3.63) is 28.5 Å². The lowest BCUT2D eigenvalue weighted by molar-refractivity contribution is 0.0908. The number of halogens is 3. The molecule has 6 heteroatoms. The molecule has 0 saturated heterocycles. The van der Waals surface area contributed by atoms with Crippen molar-refractivity contribution in [2.45, 2.75) is 18.9 Å². The maximum Gasteiger partial charge on any atom is 0.270 e. The quantitative estimate of drug-likeness (QED) is 0.837. The average Bonchev–Trinajstić information content (AvgIpc) is 2.37. The number of carbonyl (C=O) groups is 1. The molecule has 1 N–H and O–H groups in total. The van der Waals surface area contributed by atoms with Crippen molar-refractivity contribution in [1.29, 1.82) is 0 Å². The number of nitrogens with zero attached hydrogens (tertiary/aromatic N) is 1. The predicted octanol–water partition coefficient (Wildman–Crippen LogP) is 3.20. The van der Waals surface area contributed by atoms with Gasteiger partial charge in [0.25, 0.3) is 5.91 Å². The maximum absolute atomic E-state index is 11.9. The van der Waals surface area contributed by atoms with Crippen LogP contribution in [0.15, 0.2) is 22.8 Å². The largest absolute Gasteiger partial charge is 0.343 e. The van der Waals surface area contributed by atoms with Crippen LogP contribution in [-0.4, -0.2) is 28.2 Å². The highest BCUT2D eigenvalue weighted by Crippen LogP contribution is 2.16. The van der Waals surface area contributed by atoms with Gasteiger partial charge < -0.3 is 5.32 Å². The summed E-state index contributed by atoms with van der Waals surface area (Å²) in [7, 11) is 0. The molecule has 0 aliphatic rings. The molecule has 0 spiro atoms. The molecule has 17 heavy (non-hydrogen) atoms. The van der Waals surface area contributed by atoms with Crippen molar-refractivity contribution in [3.63, 3.8) is 0 Å². The number of aromatic nitrogens is 1. The lowest BCUT2D eigenvalue weighted by atomic mass is 10.0. The Kier molecular flexibility index (Phi) is 5.70. The van der Waals surface area contributed by atoms with Crippen LogP contribution in [0.3, 0.4) is 0 Å². The number of carbonyl (C=O) groups excluding carboxylic acids is 1. The van der Waals surface area contributed by atoms with E-state index in [1.165, 1.54) is 0 Å². The Morgan fingerprint density at radius 3 is 2.53 bits per heavy atom. The van der Waals surface area contributed by atoms with Gasteiger partial charge in [-0.3, -0.25) is 4.79 Å². The van der Waals surface area contributed by atoms with Gasteiger partial charge in [-0.25, -0.2) is 4.98 Å². The second kappa shape index (κ2) is 6.57. The summed E-state index contributed by atoms with van der Waals surface area (Å²) in [5, 5.41) is 2.83. The first kappa shape index (κ1) is 14.7. The van der Waals surface area contributed by atoms with E-state index in [-0.39, 0.29) is 17.7 Å². The first-order valence-corrected chi connectivity index (χ1v) is 6.99. The van der Waals surface area contributed by atoms with Crippen molar-refractivity contribution >= 4 is 45.0 Å². The molecule has 0 unspecified atom stereocenters. The molecule has 0 aliphatic carbocycles. The Morgan fingerprint density at radius 2 is 2.12 bits per heavy atom. The molecule has 1 aromatic heterocycles. The molecule has 0 aromatic carbocycles. The van der Waals surface area contributed by atoms with Crippen molar-refractivity contribution in [2.75, 3.05) is 11.8 Å². The highest BCUT2D eigenvalue weighted by molar-refractivity contribution is 9.10. The van der Waals surface area contributed by atoms with Crippen LogP contribution < -0.4 is 5.32 Å². The Balaban J connectivity index is 2.81. The van der Waals surface area contributed by atoms with Gasteiger partial charge in [-0.1, -0.05) is 6.92 Å². The fourth-order valence-electron chi connectivity index (χ4n) is 1.19. The van der Waals surface area contributed by atoms with E-state index in [1.807, 2.05) is 6.92 Å². The SMILES string of the molecule is CCC(CCl)(CCl)NC(=O)c1ccc(Br)cn1. The van der Waals surface area contributed by atoms with Gasteiger partial charge in [0.05, 0.1) is 5.54 Å². The van der Waals surface area contributed by atoms with Crippen LogP contribution in [0, 0.1) is 0 Å². The van der Waals surface area contributed by atoms with E-state index in [1.54, 1.807) is 18.3 Å². The Hall–Kier alpha value is -0.320. The monoisotopic (exact) mass is 338 g/mol. The second-order valence-corrected chi connectivity index (χ2v) is 5.17. The molecule has 1 heterocycles. The molecule has 0 radical (unpaired) electrons. The molecule has 0 bridgehead atoms. The normalized spacial score (nSPS) is 11.3. The highest BCUT2D eigenvalue weighted by atomic mass is 79.9. The molecule has 94 valence electrons. The fourth-order valence-corrected chi connectivity index (χ4v) is 2.23. The third-order valence-corrected chi connectivity index (χ3v) is 4.02. The zero-order valence-electron chi connectivity index (χ0n) is 9.34. The van der Waals surface area contributed by atoms with Gasteiger partial charge in [0.15, 0.2) is 0 Å². The number of alkyl halides is 2. The van der Waals surface area contributed by atoms with Crippen LogP contribution in [0.2, 0.25) is 0 Å². The van der Waals surface area contributed by atoms with Gasteiger partial charge in [0.2, 0.25) is 0 Å². The van der Waals surface area contributed by atoms with E-state index >= 15 is 0 Å². The summed E-state index contributed by atoms with van der Waals surface area (Å²) in [4.78, 5) is 16.0. The molecular weight excluding hydrogens is 327 g/mol. The summed E-state index contributed by atoms with van der Waals surface area (Å²) in [6, 6.07) is 3.40. The van der Waals surface area contributed by atoms with E-state index in [0.29, 0.717) is 12.1 Å². The first-order valence-electron chi connectivity index (χ1n) is 5.13. The van der Waals surface area contributed by atoms with E-state index in [0.717, 1.165) is 4.47 Å². The van der Waals surface area contributed by atoms with Crippen molar-refractivity contribution in [1.82, 2.24) is 10.3 Å². The van der Waals surface area contributed by atoms with Gasteiger partial charge in [-0.2, -0.15) is 0 Å². The third kappa shape index (κ3) is 3.83. The Labute approximate surface area is 119 Å². The van der Waals surface area contributed by atoms with Gasteiger partial charge in [-0.15, -0.1) is 23.2 Å². The van der Waals surface area contributed by atoms with Crippen LogP contribution in [0.1, 0.15) is 23.8 Å². The number of amides is 1. The fraction of sp³-hybridized carbons (Fsp3) is 0.455. The molecular formula is C11H13BrCl2N2O. The maximum atomic E-state index is 11.9. The highest BCUT2D eigenvalue weighted by Gasteiger charge is 2.28. The minimum absolute atomic E-state index is 0.263. The van der Waals surface area contributed by atoms with Gasteiger partial charge in [0, 0.05) is 22.4 Å². The second-order valence-electron chi connectivity index (χ2n) is 3.72. The predicted molar refractivity (Wildman–Crippen MR) is 73.9 cm³/mol. The summed E-state index contributed by atoms with van der Waals surface area (Å²) in [6.07, 6.45) is 2.24. The lowest BCUT2D eigenvalue weighted by Gasteiger charge is -2.29. The van der Waals surface area contributed by atoms with E-state index < -0.39 is 5.54 Å². The number of pyridine rings is 1. The smallest absolute Gasteiger partial charge is 0.270 e. The summed E-state index contributed by atoms with van der Waals surface area (Å²) >= 11 is 15.0. The number of nitrogens with one attached hydrogen (secondary N) is 1. The minimum atomic E-state index is -0.574. The van der Waals surface area contributed by atoms with E-state index in [2.05, 4.69) is 26.2 Å². The topological polar surface area (TPSA) is 42.0 Å². The van der Waals surface area contributed by atoms with Crippen molar-refractivity contribution < 1.29 is 4.79 Å². The molecule has 0 saturated carbocycles. The molecule has 1 amide bonds. The van der Waals surface area contributed by atoms with Crippen LogP contribution in [0.25, 0.3) is 0 Å². The molecule has 0 atom stereocenters. The van der Waals surface area contributed by atoms with Gasteiger partial charge in [0.1, 0.15) is 5.69 Å². The number of hydrogen-bond donors (Lipinski definition) is 1. The lowest BCUT2D eigenvalue weighted by Crippen LogP contribution is -2.51.